The minimum atomic E-state index is -0.472. The Kier molecular flexibility index (Phi) is 9.34. The number of amides is 2. The SMILES string of the molecule is C[C@H](NC(=O)C1=CSCN1C)[C@H](Oc1ccc(C(=O)O[C@H]2CCCN(C(=O)[C@H]3COC(=O)C3)C2)cc1)c1ccc(C2CC2)cc1. The van der Waals surface area contributed by atoms with E-state index in [-0.39, 0.29) is 36.9 Å². The molecule has 238 valence electrons. The van der Waals surface area contributed by atoms with E-state index in [0.29, 0.717) is 48.9 Å². The van der Waals surface area contributed by atoms with Crippen molar-refractivity contribution < 1.29 is 33.4 Å². The number of esters is 2. The number of likely N-dealkylation sites (N-methyl/N-ethyl adjacent to an activating group) is 1. The van der Waals surface area contributed by atoms with Gasteiger partial charge in [0.2, 0.25) is 5.91 Å². The average Bonchev–Trinajstić information content (AvgIpc) is 3.66. The molecular weight excluding hydrogens is 594 g/mol. The molecule has 0 radical (unpaired) electrons. The fraction of sp³-hybridized carbons (Fsp3) is 0.471. The van der Waals surface area contributed by atoms with Crippen LogP contribution in [0, 0.1) is 5.92 Å². The molecule has 6 rings (SSSR count). The Morgan fingerprint density at radius 1 is 1.04 bits per heavy atom. The zero-order valence-electron chi connectivity index (χ0n) is 25.6. The first-order chi connectivity index (χ1) is 21.7. The predicted molar refractivity (Wildman–Crippen MR) is 168 cm³/mol. The molecule has 2 aromatic carbocycles. The number of thioether (sulfide) groups is 1. The van der Waals surface area contributed by atoms with Crippen LogP contribution in [0.4, 0.5) is 0 Å². The van der Waals surface area contributed by atoms with Crippen molar-refractivity contribution in [1.29, 1.82) is 0 Å². The van der Waals surface area contributed by atoms with E-state index < -0.39 is 24.1 Å². The van der Waals surface area contributed by atoms with Gasteiger partial charge in [0.25, 0.3) is 5.91 Å². The molecule has 11 heteroatoms. The van der Waals surface area contributed by atoms with Crippen molar-refractivity contribution in [2.45, 2.75) is 63.2 Å². The van der Waals surface area contributed by atoms with E-state index >= 15 is 0 Å². The first-order valence-electron chi connectivity index (χ1n) is 15.6. The molecule has 0 bridgehead atoms. The smallest absolute Gasteiger partial charge is 0.338 e. The molecule has 1 N–H and O–H groups in total. The quantitative estimate of drug-likeness (QED) is 0.381. The lowest BCUT2D eigenvalue weighted by molar-refractivity contribution is -0.139. The maximum Gasteiger partial charge on any atom is 0.338 e. The lowest BCUT2D eigenvalue weighted by Gasteiger charge is -2.33. The Morgan fingerprint density at radius 2 is 1.80 bits per heavy atom. The van der Waals surface area contributed by atoms with Crippen molar-refractivity contribution in [3.63, 3.8) is 0 Å². The van der Waals surface area contributed by atoms with E-state index in [0.717, 1.165) is 11.4 Å². The zero-order chi connectivity index (χ0) is 31.5. The van der Waals surface area contributed by atoms with Gasteiger partial charge in [0.15, 0.2) is 0 Å². The van der Waals surface area contributed by atoms with E-state index in [9.17, 15) is 19.2 Å². The van der Waals surface area contributed by atoms with Gasteiger partial charge in [-0.1, -0.05) is 24.3 Å². The highest BCUT2D eigenvalue weighted by Crippen LogP contribution is 2.40. The second-order valence-corrected chi connectivity index (χ2v) is 13.1. The minimum absolute atomic E-state index is 0.0978. The Bertz CT molecular complexity index is 1460. The second-order valence-electron chi connectivity index (χ2n) is 12.3. The number of ether oxygens (including phenoxy) is 3. The van der Waals surface area contributed by atoms with E-state index in [1.54, 1.807) is 40.9 Å². The van der Waals surface area contributed by atoms with Gasteiger partial charge in [-0.3, -0.25) is 14.4 Å². The molecule has 3 heterocycles. The van der Waals surface area contributed by atoms with E-state index in [2.05, 4.69) is 29.6 Å². The molecular formula is C34H39N3O7S. The van der Waals surface area contributed by atoms with Gasteiger partial charge >= 0.3 is 11.9 Å². The Balaban J connectivity index is 1.09. The van der Waals surface area contributed by atoms with Crippen molar-refractivity contribution in [1.82, 2.24) is 15.1 Å². The second kappa shape index (κ2) is 13.6. The number of hydrogen-bond acceptors (Lipinski definition) is 9. The van der Waals surface area contributed by atoms with Crippen LogP contribution in [-0.4, -0.2) is 78.3 Å². The van der Waals surface area contributed by atoms with Gasteiger partial charge in [-0.15, -0.1) is 11.8 Å². The summed E-state index contributed by atoms with van der Waals surface area (Å²) in [5, 5.41) is 4.98. The van der Waals surface area contributed by atoms with Crippen LogP contribution in [0.25, 0.3) is 0 Å². The molecule has 2 aromatic rings. The Morgan fingerprint density at radius 3 is 2.44 bits per heavy atom. The number of carbonyl (C=O) groups is 4. The van der Waals surface area contributed by atoms with Gasteiger partial charge in [-0.2, -0.15) is 0 Å². The number of nitrogens with zero attached hydrogens (tertiary/aromatic N) is 2. The fourth-order valence-electron chi connectivity index (χ4n) is 6.00. The monoisotopic (exact) mass is 633 g/mol. The van der Waals surface area contributed by atoms with Crippen LogP contribution < -0.4 is 10.1 Å². The number of hydrogen-bond donors (Lipinski definition) is 1. The average molecular weight is 634 g/mol. The molecule has 45 heavy (non-hydrogen) atoms. The summed E-state index contributed by atoms with van der Waals surface area (Å²) in [6, 6.07) is 14.9. The molecule has 0 aromatic heterocycles. The molecule has 2 saturated heterocycles. The van der Waals surface area contributed by atoms with Gasteiger partial charge in [-0.25, -0.2) is 4.79 Å². The summed E-state index contributed by atoms with van der Waals surface area (Å²) in [7, 11) is 1.89. The fourth-order valence-corrected chi connectivity index (χ4v) is 6.89. The molecule has 3 aliphatic heterocycles. The van der Waals surface area contributed by atoms with Crippen LogP contribution in [0.5, 0.6) is 5.75 Å². The summed E-state index contributed by atoms with van der Waals surface area (Å²) >= 11 is 1.59. The maximum absolute atomic E-state index is 13.0. The van der Waals surface area contributed by atoms with Gasteiger partial charge in [0.1, 0.15) is 30.3 Å². The third kappa shape index (κ3) is 7.46. The molecule has 1 saturated carbocycles. The highest BCUT2D eigenvalue weighted by atomic mass is 32.2. The molecule has 4 atom stereocenters. The summed E-state index contributed by atoms with van der Waals surface area (Å²) in [5.41, 5.74) is 3.27. The van der Waals surface area contributed by atoms with E-state index in [1.807, 2.05) is 24.3 Å². The van der Waals surface area contributed by atoms with Crippen molar-refractivity contribution in [2.75, 3.05) is 32.6 Å². The normalized spacial score (nSPS) is 22.7. The first kappa shape index (κ1) is 31.0. The maximum atomic E-state index is 13.0. The van der Waals surface area contributed by atoms with Crippen LogP contribution in [0.15, 0.2) is 59.6 Å². The Labute approximate surface area is 267 Å². The zero-order valence-corrected chi connectivity index (χ0v) is 26.4. The number of carbonyl (C=O) groups excluding carboxylic acids is 4. The lowest BCUT2D eigenvalue weighted by atomic mass is 10.00. The molecule has 0 spiro atoms. The van der Waals surface area contributed by atoms with Crippen LogP contribution in [0.3, 0.4) is 0 Å². The number of benzene rings is 2. The number of cyclic esters (lactones) is 1. The summed E-state index contributed by atoms with van der Waals surface area (Å²) in [4.78, 5) is 53.9. The van der Waals surface area contributed by atoms with E-state index in [4.69, 9.17) is 14.2 Å². The number of likely N-dealkylation sites (tertiary alicyclic amines) is 1. The molecule has 10 nitrogen and oxygen atoms in total. The topological polar surface area (TPSA) is 114 Å². The van der Waals surface area contributed by atoms with Crippen LogP contribution in [0.1, 0.15) is 72.5 Å². The summed E-state index contributed by atoms with van der Waals surface area (Å²) < 4.78 is 17.2. The van der Waals surface area contributed by atoms with Crippen LogP contribution >= 0.6 is 11.8 Å². The number of rotatable bonds is 10. The van der Waals surface area contributed by atoms with Gasteiger partial charge < -0.3 is 29.3 Å². The standard InChI is InChI=1S/C34H39N3O7S/c1-21(35-32(39)29-19-45-20-36(29)2)31(24-9-7-23(8-10-24)22-5-6-22)43-27-13-11-25(12-14-27)34(41)44-28-4-3-15-37(17-28)33(40)26-16-30(38)42-18-26/h7-14,19,21-22,26,28,31H,3-6,15-18,20H2,1-2H3,(H,35,39)/t21-,26+,28-,31-/m0/s1. The van der Waals surface area contributed by atoms with Crippen molar-refractivity contribution in [2.24, 2.45) is 5.92 Å². The molecule has 2 amide bonds. The summed E-state index contributed by atoms with van der Waals surface area (Å²) in [6.07, 6.45) is 3.01. The third-order valence-electron chi connectivity index (χ3n) is 8.76. The highest BCUT2D eigenvalue weighted by molar-refractivity contribution is 8.02. The van der Waals surface area contributed by atoms with Crippen LogP contribution in [0.2, 0.25) is 0 Å². The van der Waals surface area contributed by atoms with Gasteiger partial charge in [0.05, 0.1) is 36.4 Å². The van der Waals surface area contributed by atoms with E-state index in [1.165, 1.54) is 18.4 Å². The Hall–Kier alpha value is -3.99. The predicted octanol–water partition coefficient (Wildman–Crippen LogP) is 4.38. The molecule has 4 aliphatic rings. The number of piperidine rings is 1. The van der Waals surface area contributed by atoms with Crippen molar-refractivity contribution >= 4 is 35.5 Å². The molecule has 3 fully saturated rings. The lowest BCUT2D eigenvalue weighted by Crippen LogP contribution is -2.46. The van der Waals surface area contributed by atoms with Gasteiger partial charge in [-0.05, 0) is 73.9 Å². The molecule has 1 aliphatic carbocycles. The van der Waals surface area contributed by atoms with Crippen LogP contribution in [-0.2, 0) is 23.9 Å². The van der Waals surface area contributed by atoms with Crippen molar-refractivity contribution in [3.8, 4) is 5.75 Å². The van der Waals surface area contributed by atoms with Crippen molar-refractivity contribution in [3.05, 3.63) is 76.3 Å². The minimum Gasteiger partial charge on any atom is -0.484 e. The summed E-state index contributed by atoms with van der Waals surface area (Å²) in [5.74, 6) is 0.362. The highest BCUT2D eigenvalue weighted by Gasteiger charge is 2.36. The van der Waals surface area contributed by atoms with Gasteiger partial charge in [0, 0.05) is 19.0 Å². The number of nitrogens with one attached hydrogen (secondary N) is 1. The first-order valence-corrected chi connectivity index (χ1v) is 16.7. The third-order valence-corrected chi connectivity index (χ3v) is 9.68. The largest absolute Gasteiger partial charge is 0.484 e. The summed E-state index contributed by atoms with van der Waals surface area (Å²) in [6.45, 7) is 2.91. The molecule has 0 unspecified atom stereocenters.